The summed E-state index contributed by atoms with van der Waals surface area (Å²) in [4.78, 5) is 23.7. The van der Waals surface area contributed by atoms with Gasteiger partial charge in [-0.05, 0) is 6.92 Å². The van der Waals surface area contributed by atoms with E-state index in [1.807, 2.05) is 0 Å². The molecule has 0 radical (unpaired) electrons. The first-order chi connectivity index (χ1) is 8.98. The SMILES string of the molecule is CC1(OCC(=O)O)CN(C(=O)NCc2ccon2)C1. The van der Waals surface area contributed by atoms with Crippen LogP contribution in [-0.4, -0.2) is 52.5 Å². The van der Waals surface area contributed by atoms with Crippen LogP contribution >= 0.6 is 0 Å². The Balaban J connectivity index is 1.70. The molecule has 2 amide bonds. The summed E-state index contributed by atoms with van der Waals surface area (Å²) in [5, 5.41) is 14.9. The number of hydrogen-bond donors (Lipinski definition) is 2. The van der Waals surface area contributed by atoms with Crippen LogP contribution in [0.5, 0.6) is 0 Å². The van der Waals surface area contributed by atoms with Crippen LogP contribution in [0.25, 0.3) is 0 Å². The van der Waals surface area contributed by atoms with E-state index < -0.39 is 11.6 Å². The largest absolute Gasteiger partial charge is 0.480 e. The van der Waals surface area contributed by atoms with Crippen LogP contribution in [-0.2, 0) is 16.1 Å². The van der Waals surface area contributed by atoms with Crippen molar-refractivity contribution in [2.45, 2.75) is 19.1 Å². The van der Waals surface area contributed by atoms with Crippen molar-refractivity contribution in [2.75, 3.05) is 19.7 Å². The molecule has 1 saturated heterocycles. The van der Waals surface area contributed by atoms with Gasteiger partial charge in [-0.2, -0.15) is 0 Å². The van der Waals surface area contributed by atoms with Crippen LogP contribution in [0.15, 0.2) is 16.9 Å². The summed E-state index contributed by atoms with van der Waals surface area (Å²) >= 11 is 0. The lowest BCUT2D eigenvalue weighted by atomic mass is 9.97. The number of carboxylic acids is 1. The number of nitrogens with one attached hydrogen (secondary N) is 1. The van der Waals surface area contributed by atoms with E-state index in [1.165, 1.54) is 6.26 Å². The number of nitrogens with zero attached hydrogens (tertiary/aromatic N) is 2. The van der Waals surface area contributed by atoms with Gasteiger partial charge in [0.15, 0.2) is 0 Å². The molecule has 0 aromatic carbocycles. The molecule has 0 atom stereocenters. The van der Waals surface area contributed by atoms with Crippen LogP contribution in [0.1, 0.15) is 12.6 Å². The van der Waals surface area contributed by atoms with E-state index in [0.29, 0.717) is 25.3 Å². The van der Waals surface area contributed by atoms with Gasteiger partial charge in [0, 0.05) is 6.07 Å². The smallest absolute Gasteiger partial charge is 0.329 e. The number of carbonyl (C=O) groups is 2. The van der Waals surface area contributed by atoms with Crippen molar-refractivity contribution in [2.24, 2.45) is 0 Å². The highest BCUT2D eigenvalue weighted by Crippen LogP contribution is 2.24. The molecular weight excluding hydrogens is 254 g/mol. The van der Waals surface area contributed by atoms with Gasteiger partial charge in [-0.25, -0.2) is 9.59 Å². The lowest BCUT2D eigenvalue weighted by Crippen LogP contribution is -2.65. The summed E-state index contributed by atoms with van der Waals surface area (Å²) in [5.41, 5.74) is 0.0580. The Morgan fingerprint density at radius 3 is 2.95 bits per heavy atom. The van der Waals surface area contributed by atoms with Crippen LogP contribution in [0, 0.1) is 0 Å². The molecule has 0 bridgehead atoms. The molecule has 2 rings (SSSR count). The topological polar surface area (TPSA) is 105 Å². The first-order valence-electron chi connectivity index (χ1n) is 5.76. The molecule has 1 aliphatic rings. The molecule has 8 nitrogen and oxygen atoms in total. The van der Waals surface area contributed by atoms with Crippen LogP contribution in [0.4, 0.5) is 4.79 Å². The predicted molar refractivity (Wildman–Crippen MR) is 62.3 cm³/mol. The fraction of sp³-hybridized carbons (Fsp3) is 0.545. The second-order valence-electron chi connectivity index (χ2n) is 4.64. The molecule has 104 valence electrons. The number of aliphatic carboxylic acids is 1. The normalized spacial score (nSPS) is 16.8. The second kappa shape index (κ2) is 5.27. The number of carbonyl (C=O) groups excluding carboxylic acids is 1. The number of likely N-dealkylation sites (tertiary alicyclic amines) is 1. The number of aromatic nitrogens is 1. The fourth-order valence-electron chi connectivity index (χ4n) is 1.84. The monoisotopic (exact) mass is 269 g/mol. The number of ether oxygens (including phenoxy) is 1. The Morgan fingerprint density at radius 1 is 1.63 bits per heavy atom. The van der Waals surface area contributed by atoms with Crippen molar-refractivity contribution in [1.29, 1.82) is 0 Å². The number of hydrogen-bond acceptors (Lipinski definition) is 5. The van der Waals surface area contributed by atoms with E-state index >= 15 is 0 Å². The molecular formula is C11H15N3O5. The summed E-state index contributed by atoms with van der Waals surface area (Å²) in [7, 11) is 0. The molecule has 2 N–H and O–H groups in total. The number of urea groups is 1. The van der Waals surface area contributed by atoms with E-state index in [-0.39, 0.29) is 12.6 Å². The first-order valence-corrected chi connectivity index (χ1v) is 5.76. The minimum atomic E-state index is -1.02. The van der Waals surface area contributed by atoms with E-state index in [0.717, 1.165) is 0 Å². The average Bonchev–Trinajstić information content (AvgIpc) is 2.83. The minimum Gasteiger partial charge on any atom is -0.480 e. The maximum Gasteiger partial charge on any atom is 0.329 e. The third-order valence-electron chi connectivity index (χ3n) is 2.79. The molecule has 1 aromatic rings. The molecule has 19 heavy (non-hydrogen) atoms. The lowest BCUT2D eigenvalue weighted by molar-refractivity contribution is -0.159. The summed E-state index contributed by atoms with van der Waals surface area (Å²) in [5.74, 6) is -1.02. The van der Waals surface area contributed by atoms with Crippen molar-refractivity contribution in [3.05, 3.63) is 18.0 Å². The van der Waals surface area contributed by atoms with E-state index in [9.17, 15) is 9.59 Å². The zero-order valence-corrected chi connectivity index (χ0v) is 10.5. The van der Waals surface area contributed by atoms with Crippen molar-refractivity contribution in [1.82, 2.24) is 15.4 Å². The Bertz CT molecular complexity index is 453. The third kappa shape index (κ3) is 3.44. The van der Waals surface area contributed by atoms with E-state index in [4.69, 9.17) is 9.84 Å². The Morgan fingerprint density at radius 2 is 2.37 bits per heavy atom. The molecule has 2 heterocycles. The number of amides is 2. The Labute approximate surface area is 109 Å². The lowest BCUT2D eigenvalue weighted by Gasteiger charge is -2.46. The summed E-state index contributed by atoms with van der Waals surface area (Å²) in [6, 6.07) is 1.43. The third-order valence-corrected chi connectivity index (χ3v) is 2.79. The molecule has 1 aromatic heterocycles. The minimum absolute atomic E-state index is 0.237. The standard InChI is InChI=1S/C11H15N3O5/c1-11(18-5-9(15)16)6-14(7-11)10(17)12-4-8-2-3-19-13-8/h2-3H,4-7H2,1H3,(H,12,17)(H,15,16). The van der Waals surface area contributed by atoms with Gasteiger partial charge in [0.05, 0.1) is 19.6 Å². The van der Waals surface area contributed by atoms with Gasteiger partial charge in [0.25, 0.3) is 0 Å². The summed E-state index contributed by atoms with van der Waals surface area (Å²) in [6.07, 6.45) is 1.43. The predicted octanol–water partition coefficient (Wildman–Crippen LogP) is 0.0597. The maximum atomic E-state index is 11.7. The molecule has 1 fully saturated rings. The Hall–Kier alpha value is -2.09. The summed E-state index contributed by atoms with van der Waals surface area (Å²) in [6.45, 7) is 2.44. The molecule has 8 heteroatoms. The van der Waals surface area contributed by atoms with Crippen molar-refractivity contribution in [3.63, 3.8) is 0 Å². The highest BCUT2D eigenvalue weighted by molar-refractivity contribution is 5.75. The van der Waals surface area contributed by atoms with E-state index in [1.54, 1.807) is 17.9 Å². The van der Waals surface area contributed by atoms with Crippen LogP contribution < -0.4 is 5.32 Å². The van der Waals surface area contributed by atoms with Crippen molar-refractivity contribution >= 4 is 12.0 Å². The second-order valence-corrected chi connectivity index (χ2v) is 4.64. The zero-order chi connectivity index (χ0) is 13.9. The number of carboxylic acid groups (broad SMARTS) is 1. The summed E-state index contributed by atoms with van der Waals surface area (Å²) < 4.78 is 9.85. The van der Waals surface area contributed by atoms with Gasteiger partial charge in [-0.15, -0.1) is 0 Å². The van der Waals surface area contributed by atoms with E-state index in [2.05, 4.69) is 15.0 Å². The van der Waals surface area contributed by atoms with Crippen molar-refractivity contribution < 1.29 is 24.0 Å². The highest BCUT2D eigenvalue weighted by atomic mass is 16.5. The quantitative estimate of drug-likeness (QED) is 0.783. The molecule has 0 aliphatic carbocycles. The van der Waals surface area contributed by atoms with Gasteiger partial charge in [0.1, 0.15) is 24.2 Å². The molecule has 0 saturated carbocycles. The van der Waals surface area contributed by atoms with Gasteiger partial charge >= 0.3 is 12.0 Å². The fourth-order valence-corrected chi connectivity index (χ4v) is 1.84. The van der Waals surface area contributed by atoms with Gasteiger partial charge in [-0.1, -0.05) is 5.16 Å². The molecule has 1 aliphatic heterocycles. The first kappa shape index (κ1) is 13.3. The molecule has 0 unspecified atom stereocenters. The average molecular weight is 269 g/mol. The highest BCUT2D eigenvalue weighted by Gasteiger charge is 2.42. The maximum absolute atomic E-state index is 11.7. The van der Waals surface area contributed by atoms with Gasteiger partial charge < -0.3 is 24.6 Å². The van der Waals surface area contributed by atoms with Crippen LogP contribution in [0.3, 0.4) is 0 Å². The van der Waals surface area contributed by atoms with Gasteiger partial charge in [-0.3, -0.25) is 0 Å². The van der Waals surface area contributed by atoms with Crippen LogP contribution in [0.2, 0.25) is 0 Å². The zero-order valence-electron chi connectivity index (χ0n) is 10.5. The molecule has 0 spiro atoms. The van der Waals surface area contributed by atoms with Gasteiger partial charge in [0.2, 0.25) is 0 Å². The number of rotatable bonds is 5. The Kier molecular flexibility index (Phi) is 3.70. The van der Waals surface area contributed by atoms with Crippen molar-refractivity contribution in [3.8, 4) is 0 Å².